The van der Waals surface area contributed by atoms with Gasteiger partial charge >= 0.3 is 0 Å². The van der Waals surface area contributed by atoms with Crippen molar-refractivity contribution in [3.8, 4) is 0 Å². The summed E-state index contributed by atoms with van der Waals surface area (Å²) in [5.41, 5.74) is 1.59. The fourth-order valence-corrected chi connectivity index (χ4v) is 2.93. The molecule has 12 heavy (non-hydrogen) atoms. The molecule has 2 rings (SSSR count). The van der Waals surface area contributed by atoms with Crippen molar-refractivity contribution in [2.45, 2.75) is 25.7 Å². The monoisotopic (exact) mass is 198 g/mol. The predicted octanol–water partition coefficient (Wildman–Crippen LogP) is 4.10. The second-order valence-corrected chi connectivity index (χ2v) is 5.51. The van der Waals surface area contributed by atoms with Gasteiger partial charge in [-0.15, -0.1) is 11.3 Å². The Labute approximate surface area is 81.9 Å². The van der Waals surface area contributed by atoms with Gasteiger partial charge in [0.25, 0.3) is 0 Å². The molecule has 0 unspecified atom stereocenters. The number of allylic oxidation sites excluding steroid dienone is 1. The summed E-state index contributed by atoms with van der Waals surface area (Å²) < 4.78 is 0.902. The molecule has 0 radical (unpaired) electrons. The van der Waals surface area contributed by atoms with Crippen molar-refractivity contribution >= 4 is 29.0 Å². The third-order valence-electron chi connectivity index (χ3n) is 2.27. The highest BCUT2D eigenvalue weighted by atomic mass is 35.5. The summed E-state index contributed by atoms with van der Waals surface area (Å²) in [6, 6.07) is 2.05. The Balaban J connectivity index is 2.59. The molecule has 0 fully saturated rings. The minimum absolute atomic E-state index is 0.280. The van der Waals surface area contributed by atoms with Crippen LogP contribution in [0.25, 0.3) is 6.08 Å². The number of rotatable bonds is 0. The molecule has 0 spiro atoms. The van der Waals surface area contributed by atoms with Gasteiger partial charge in [-0.3, -0.25) is 0 Å². The van der Waals surface area contributed by atoms with Gasteiger partial charge in [0.1, 0.15) is 0 Å². The van der Waals surface area contributed by atoms with Gasteiger partial charge in [-0.25, -0.2) is 0 Å². The molecule has 1 aliphatic carbocycles. The van der Waals surface area contributed by atoms with Crippen molar-refractivity contribution < 1.29 is 0 Å². The van der Waals surface area contributed by atoms with E-state index in [-0.39, 0.29) is 5.41 Å². The van der Waals surface area contributed by atoms with Crippen LogP contribution in [0.4, 0.5) is 0 Å². The first-order chi connectivity index (χ1) is 5.59. The Morgan fingerprint density at radius 3 is 2.92 bits per heavy atom. The van der Waals surface area contributed by atoms with Crippen LogP contribution in [0.1, 0.15) is 30.7 Å². The molecule has 1 aliphatic rings. The fraction of sp³-hybridized carbons (Fsp3) is 0.400. The maximum Gasteiger partial charge on any atom is 0.0937 e. The van der Waals surface area contributed by atoms with E-state index in [9.17, 15) is 0 Å². The van der Waals surface area contributed by atoms with E-state index in [0.717, 1.165) is 10.8 Å². The van der Waals surface area contributed by atoms with E-state index in [4.69, 9.17) is 11.6 Å². The van der Waals surface area contributed by atoms with Crippen LogP contribution >= 0.6 is 22.9 Å². The average Bonchev–Trinajstić information content (AvgIpc) is 2.30. The maximum absolute atomic E-state index is 5.96. The Morgan fingerprint density at radius 1 is 1.50 bits per heavy atom. The lowest BCUT2D eigenvalue weighted by atomic mass is 9.82. The lowest BCUT2D eigenvalue weighted by molar-refractivity contribution is 0.541. The second kappa shape index (κ2) is 2.61. The first kappa shape index (κ1) is 8.33. The summed E-state index contributed by atoms with van der Waals surface area (Å²) in [6.07, 6.45) is 5.52. The molecule has 0 amide bonds. The minimum Gasteiger partial charge on any atom is -0.127 e. The summed E-state index contributed by atoms with van der Waals surface area (Å²) in [7, 11) is 0. The van der Waals surface area contributed by atoms with Crippen molar-refractivity contribution in [2.24, 2.45) is 0 Å². The lowest BCUT2D eigenvalue weighted by Crippen LogP contribution is -2.17. The second-order valence-electron chi connectivity index (χ2n) is 3.83. The standard InChI is InChI=1S/C10H11ClS/c1-10(2)5-3-4-7-6-8(11)12-9(7)10/h3-4,6H,5H2,1-2H3. The molecule has 0 atom stereocenters. The number of hydrogen-bond acceptors (Lipinski definition) is 1. The topological polar surface area (TPSA) is 0 Å². The van der Waals surface area contributed by atoms with E-state index < -0.39 is 0 Å². The molecule has 0 nitrogen and oxygen atoms in total. The quantitative estimate of drug-likeness (QED) is 0.589. The maximum atomic E-state index is 5.96. The summed E-state index contributed by atoms with van der Waals surface area (Å²) in [4.78, 5) is 1.43. The molecule has 64 valence electrons. The van der Waals surface area contributed by atoms with Crippen LogP contribution in [0.3, 0.4) is 0 Å². The smallest absolute Gasteiger partial charge is 0.0937 e. The van der Waals surface area contributed by atoms with Crippen molar-refractivity contribution in [1.82, 2.24) is 0 Å². The van der Waals surface area contributed by atoms with Crippen LogP contribution in [0.2, 0.25) is 4.34 Å². The molecule has 1 aromatic heterocycles. The molecular formula is C10H11ClS. The lowest BCUT2D eigenvalue weighted by Gasteiger charge is -2.25. The van der Waals surface area contributed by atoms with Crippen molar-refractivity contribution in [3.63, 3.8) is 0 Å². The van der Waals surface area contributed by atoms with Crippen LogP contribution in [0.15, 0.2) is 12.1 Å². The zero-order valence-electron chi connectivity index (χ0n) is 7.23. The summed E-state index contributed by atoms with van der Waals surface area (Å²) in [5, 5.41) is 0. The van der Waals surface area contributed by atoms with Gasteiger partial charge in [0.2, 0.25) is 0 Å². The van der Waals surface area contributed by atoms with E-state index in [2.05, 4.69) is 32.1 Å². The first-order valence-corrected chi connectivity index (χ1v) is 5.25. The van der Waals surface area contributed by atoms with E-state index in [1.807, 2.05) is 0 Å². The zero-order chi connectivity index (χ0) is 8.77. The van der Waals surface area contributed by atoms with Gasteiger partial charge in [0, 0.05) is 10.3 Å². The minimum atomic E-state index is 0.280. The van der Waals surface area contributed by atoms with E-state index in [1.165, 1.54) is 10.4 Å². The van der Waals surface area contributed by atoms with Gasteiger partial charge < -0.3 is 0 Å². The number of hydrogen-bond donors (Lipinski definition) is 0. The summed E-state index contributed by atoms with van der Waals surface area (Å²) in [6.45, 7) is 4.53. The number of halogens is 1. The van der Waals surface area contributed by atoms with Gasteiger partial charge in [0.05, 0.1) is 4.34 Å². The average molecular weight is 199 g/mol. The van der Waals surface area contributed by atoms with Crippen molar-refractivity contribution in [1.29, 1.82) is 0 Å². The van der Waals surface area contributed by atoms with Crippen LogP contribution in [0, 0.1) is 0 Å². The molecule has 0 saturated heterocycles. The summed E-state index contributed by atoms with van der Waals surface area (Å²) in [5.74, 6) is 0. The van der Waals surface area contributed by atoms with Gasteiger partial charge in [0.15, 0.2) is 0 Å². The van der Waals surface area contributed by atoms with Gasteiger partial charge in [-0.2, -0.15) is 0 Å². The molecule has 0 bridgehead atoms. The van der Waals surface area contributed by atoms with Crippen LogP contribution in [0.5, 0.6) is 0 Å². The highest BCUT2D eigenvalue weighted by Crippen LogP contribution is 2.41. The Hall–Kier alpha value is -0.270. The zero-order valence-corrected chi connectivity index (χ0v) is 8.80. The molecule has 2 heteroatoms. The molecular weight excluding hydrogens is 188 g/mol. The third kappa shape index (κ3) is 1.21. The highest BCUT2D eigenvalue weighted by molar-refractivity contribution is 7.16. The van der Waals surface area contributed by atoms with Crippen LogP contribution in [-0.4, -0.2) is 0 Å². The fourth-order valence-electron chi connectivity index (χ4n) is 1.60. The first-order valence-electron chi connectivity index (χ1n) is 4.06. The SMILES string of the molecule is CC1(C)CC=Cc2cc(Cl)sc21. The van der Waals surface area contributed by atoms with E-state index >= 15 is 0 Å². The van der Waals surface area contributed by atoms with E-state index in [0.29, 0.717) is 0 Å². The Kier molecular flexibility index (Phi) is 1.81. The van der Waals surface area contributed by atoms with Crippen LogP contribution < -0.4 is 0 Å². The number of thiophene rings is 1. The van der Waals surface area contributed by atoms with Gasteiger partial charge in [-0.1, -0.05) is 37.6 Å². The molecule has 0 saturated carbocycles. The molecule has 0 N–H and O–H groups in total. The largest absolute Gasteiger partial charge is 0.127 e. The van der Waals surface area contributed by atoms with E-state index in [1.54, 1.807) is 11.3 Å². The van der Waals surface area contributed by atoms with Crippen molar-refractivity contribution in [3.05, 3.63) is 26.9 Å². The predicted molar refractivity (Wildman–Crippen MR) is 56.0 cm³/mol. The molecule has 0 aliphatic heterocycles. The number of fused-ring (bicyclic) bond motifs is 1. The third-order valence-corrected chi connectivity index (χ3v) is 3.92. The Morgan fingerprint density at radius 2 is 2.25 bits per heavy atom. The molecule has 0 aromatic carbocycles. The van der Waals surface area contributed by atoms with Crippen LogP contribution in [-0.2, 0) is 5.41 Å². The van der Waals surface area contributed by atoms with Crippen molar-refractivity contribution in [2.75, 3.05) is 0 Å². The van der Waals surface area contributed by atoms with Gasteiger partial charge in [-0.05, 0) is 18.1 Å². The molecule has 1 aromatic rings. The Bertz CT molecular complexity index is 334. The normalized spacial score (nSPS) is 19.2. The highest BCUT2D eigenvalue weighted by Gasteiger charge is 2.26. The molecule has 1 heterocycles. The summed E-state index contributed by atoms with van der Waals surface area (Å²) >= 11 is 7.67.